The van der Waals surface area contributed by atoms with Crippen LogP contribution >= 0.6 is 0 Å². The molecule has 0 aliphatic carbocycles. The number of hydrogen-bond acceptors (Lipinski definition) is 1. The van der Waals surface area contributed by atoms with Crippen molar-refractivity contribution in [2.24, 2.45) is 0 Å². The number of ether oxygens (including phenoxy) is 1. The van der Waals surface area contributed by atoms with E-state index in [1.807, 2.05) is 18.2 Å². The summed E-state index contributed by atoms with van der Waals surface area (Å²) in [4.78, 5) is 0. The van der Waals surface area contributed by atoms with Gasteiger partial charge in [-0.1, -0.05) is 18.2 Å². The Balaban J connectivity index is 0.000000500. The number of para-hydroxylation sites is 1. The van der Waals surface area contributed by atoms with E-state index >= 15 is 0 Å². The first-order chi connectivity index (χ1) is 4.47. The third kappa shape index (κ3) is 1.29. The molecule has 0 amide bonds. The van der Waals surface area contributed by atoms with Gasteiger partial charge in [0.05, 0.1) is 6.61 Å². The topological polar surface area (TPSA) is 9.23 Å². The van der Waals surface area contributed by atoms with Crippen molar-refractivity contribution in [3.05, 3.63) is 29.8 Å². The molecule has 2 rings (SSSR count). The Kier molecular flexibility index (Phi) is 2.60. The number of hydrogen-bond donors (Lipinski definition) is 0. The van der Waals surface area contributed by atoms with Crippen molar-refractivity contribution in [2.75, 3.05) is 6.61 Å². The van der Waals surface area contributed by atoms with E-state index in [9.17, 15) is 0 Å². The van der Waals surface area contributed by atoms with Crippen molar-refractivity contribution < 1.29 is 4.74 Å². The number of rotatable bonds is 0. The van der Waals surface area contributed by atoms with Crippen molar-refractivity contribution in [3.63, 3.8) is 0 Å². The molecule has 1 aliphatic rings. The van der Waals surface area contributed by atoms with E-state index in [0.717, 1.165) is 18.8 Å². The Bertz CT molecular complexity index is 199. The average molecular weight is 239 g/mol. The van der Waals surface area contributed by atoms with Gasteiger partial charge in [-0.15, -0.1) is 0 Å². The van der Waals surface area contributed by atoms with Crippen LogP contribution in [0.3, 0.4) is 0 Å². The molecule has 0 N–H and O–H groups in total. The molecule has 0 spiro atoms. The summed E-state index contributed by atoms with van der Waals surface area (Å²) >= 11 is 0. The first kappa shape index (κ1) is 7.92. The number of benzene rings is 1. The van der Waals surface area contributed by atoms with Crippen LogP contribution in [0.4, 0.5) is 0 Å². The van der Waals surface area contributed by atoms with Crippen molar-refractivity contribution in [1.29, 1.82) is 0 Å². The van der Waals surface area contributed by atoms with Crippen molar-refractivity contribution in [3.8, 4) is 5.75 Å². The molecule has 0 bridgehead atoms. The first-order valence-electron chi connectivity index (χ1n) is 3.17. The minimum Gasteiger partial charge on any atom is -0.493 e. The van der Waals surface area contributed by atoms with Gasteiger partial charge in [-0.05, 0) is 11.6 Å². The summed E-state index contributed by atoms with van der Waals surface area (Å²) in [6.07, 6.45) is 1.08. The first-order valence-corrected chi connectivity index (χ1v) is 3.17. The molecule has 1 heterocycles. The molecule has 0 saturated heterocycles. The van der Waals surface area contributed by atoms with E-state index in [2.05, 4.69) is 6.07 Å². The molecule has 2 heteroatoms. The maximum Gasteiger partial charge on any atom is 0.122 e. The van der Waals surface area contributed by atoms with Crippen LogP contribution in [-0.4, -0.2) is 30.5 Å². The monoisotopic (exact) mass is 240 g/mol. The van der Waals surface area contributed by atoms with E-state index in [1.54, 1.807) is 0 Å². The Morgan fingerprint density at radius 3 is 2.80 bits per heavy atom. The molecule has 1 nitrogen and oxygen atoms in total. The van der Waals surface area contributed by atoms with E-state index in [0.29, 0.717) is 0 Å². The molecule has 0 saturated carbocycles. The van der Waals surface area contributed by atoms with E-state index in [1.165, 1.54) is 5.56 Å². The van der Waals surface area contributed by atoms with Gasteiger partial charge in [0.15, 0.2) is 0 Å². The summed E-state index contributed by atoms with van der Waals surface area (Å²) in [5.41, 5.74) is 1.34. The van der Waals surface area contributed by atoms with Gasteiger partial charge in [0.2, 0.25) is 0 Å². The van der Waals surface area contributed by atoms with Crippen LogP contribution in [0.5, 0.6) is 5.75 Å². The van der Waals surface area contributed by atoms with E-state index in [-0.39, 0.29) is 23.9 Å². The molecule has 4 radical (unpaired) electrons. The predicted molar refractivity (Wildman–Crippen MR) is 41.4 cm³/mol. The summed E-state index contributed by atoms with van der Waals surface area (Å²) in [5, 5.41) is 0. The zero-order valence-corrected chi connectivity index (χ0v) is 8.49. The van der Waals surface area contributed by atoms with Gasteiger partial charge in [-0.25, -0.2) is 0 Å². The van der Waals surface area contributed by atoms with Crippen LogP contribution < -0.4 is 4.74 Å². The smallest absolute Gasteiger partial charge is 0.122 e. The molecule has 10 heavy (non-hydrogen) atoms. The summed E-state index contributed by atoms with van der Waals surface area (Å²) in [6.45, 7) is 0.860. The second-order valence-corrected chi connectivity index (χ2v) is 2.21. The van der Waals surface area contributed by atoms with Crippen LogP contribution in [0, 0.1) is 0 Å². The third-order valence-corrected chi connectivity index (χ3v) is 1.60. The largest absolute Gasteiger partial charge is 0.493 e. The molecule has 0 unspecified atom stereocenters. The van der Waals surface area contributed by atoms with E-state index < -0.39 is 0 Å². The van der Waals surface area contributed by atoms with Crippen molar-refractivity contribution in [2.45, 2.75) is 6.42 Å². The maximum atomic E-state index is 5.30. The average Bonchev–Trinajstić information content (AvgIpc) is 2.33. The van der Waals surface area contributed by atoms with Crippen LogP contribution in [-0.2, 0) is 6.42 Å². The molecule has 0 aromatic heterocycles. The minimum atomic E-state index is 0. The van der Waals surface area contributed by atoms with Crippen LogP contribution in [0.25, 0.3) is 0 Å². The Hall–Kier alpha value is -0.181. The van der Waals surface area contributed by atoms with Gasteiger partial charge in [-0.2, -0.15) is 0 Å². The quantitative estimate of drug-likeness (QED) is 0.619. The SMILES string of the molecule is [Sn].c1ccc2c(c1)CCO2. The molecular formula is C8H8OSn. The Labute approximate surface area is 77.3 Å². The fourth-order valence-electron chi connectivity index (χ4n) is 1.12. The minimum absolute atomic E-state index is 0. The predicted octanol–water partition coefficient (Wildman–Crippen LogP) is 1.24. The molecule has 1 aromatic rings. The van der Waals surface area contributed by atoms with Crippen LogP contribution in [0.15, 0.2) is 24.3 Å². The molecule has 0 atom stereocenters. The molecule has 0 fully saturated rings. The van der Waals surface area contributed by atoms with Gasteiger partial charge < -0.3 is 4.74 Å². The maximum absolute atomic E-state index is 5.30. The zero-order valence-electron chi connectivity index (χ0n) is 5.63. The van der Waals surface area contributed by atoms with Crippen LogP contribution in [0.2, 0.25) is 0 Å². The molecular weight excluding hydrogens is 231 g/mol. The number of fused-ring (bicyclic) bond motifs is 1. The molecule has 1 aromatic carbocycles. The standard InChI is InChI=1S/C8H8O.Sn/c1-2-4-8-7(3-1)5-6-9-8;/h1-4H,5-6H2;. The fourth-order valence-corrected chi connectivity index (χ4v) is 1.12. The van der Waals surface area contributed by atoms with Gasteiger partial charge in [-0.3, -0.25) is 0 Å². The fraction of sp³-hybridized carbons (Fsp3) is 0.250. The normalized spacial score (nSPS) is 13.2. The molecule has 1 aliphatic heterocycles. The summed E-state index contributed by atoms with van der Waals surface area (Å²) in [7, 11) is 0. The van der Waals surface area contributed by atoms with Gasteiger partial charge in [0, 0.05) is 30.3 Å². The van der Waals surface area contributed by atoms with Gasteiger partial charge in [0.25, 0.3) is 0 Å². The zero-order chi connectivity index (χ0) is 6.10. The second kappa shape index (κ2) is 3.28. The summed E-state index contributed by atoms with van der Waals surface area (Å²) in [5.74, 6) is 1.07. The van der Waals surface area contributed by atoms with Crippen LogP contribution in [0.1, 0.15) is 5.56 Å². The summed E-state index contributed by atoms with van der Waals surface area (Å²) in [6, 6.07) is 8.18. The third-order valence-electron chi connectivity index (χ3n) is 1.60. The Morgan fingerprint density at radius 2 is 2.00 bits per heavy atom. The van der Waals surface area contributed by atoms with Crippen molar-refractivity contribution in [1.82, 2.24) is 0 Å². The van der Waals surface area contributed by atoms with Gasteiger partial charge >= 0.3 is 0 Å². The van der Waals surface area contributed by atoms with Gasteiger partial charge in [0.1, 0.15) is 5.75 Å². The summed E-state index contributed by atoms with van der Waals surface area (Å²) < 4.78 is 5.30. The Morgan fingerprint density at radius 1 is 1.20 bits per heavy atom. The second-order valence-electron chi connectivity index (χ2n) is 2.21. The van der Waals surface area contributed by atoms with Crippen molar-refractivity contribution >= 4 is 23.9 Å². The molecule has 50 valence electrons. The van der Waals surface area contributed by atoms with E-state index in [4.69, 9.17) is 4.74 Å².